The smallest absolute Gasteiger partial charge is 0.225 e. The minimum absolute atomic E-state index is 0.0235. The van der Waals surface area contributed by atoms with Gasteiger partial charge in [0, 0.05) is 53.5 Å². The van der Waals surface area contributed by atoms with Crippen molar-refractivity contribution in [2.24, 2.45) is 0 Å². The molecule has 6 rings (SSSR count). The van der Waals surface area contributed by atoms with Crippen molar-refractivity contribution in [1.29, 1.82) is 0 Å². The molecule has 0 amide bonds. The van der Waals surface area contributed by atoms with E-state index >= 15 is 0 Å². The van der Waals surface area contributed by atoms with Crippen molar-refractivity contribution < 1.29 is 30.3 Å². The molecule has 37 heavy (non-hydrogen) atoms. The summed E-state index contributed by atoms with van der Waals surface area (Å²) in [5.41, 5.74) is 5.43. The molecule has 1 aliphatic heterocycles. The highest BCUT2D eigenvalue weighted by Gasteiger charge is 2.20. The van der Waals surface area contributed by atoms with Crippen molar-refractivity contribution in [3.05, 3.63) is 48.9 Å². The van der Waals surface area contributed by atoms with E-state index in [2.05, 4.69) is 20.2 Å². The Balaban J connectivity index is 1.44. The molecule has 0 bridgehead atoms. The number of methoxy groups -OCH3 is 1. The molecule has 1 aromatic carbocycles. The van der Waals surface area contributed by atoms with Crippen LogP contribution in [0.15, 0.2) is 53.3 Å². The van der Waals surface area contributed by atoms with Crippen molar-refractivity contribution in [2.75, 3.05) is 63.4 Å². The van der Waals surface area contributed by atoms with Crippen LogP contribution in [0.2, 0.25) is 0 Å². The van der Waals surface area contributed by atoms with Crippen LogP contribution in [-0.2, 0) is 11.2 Å². The van der Waals surface area contributed by atoms with Gasteiger partial charge in [0.25, 0.3) is 0 Å². The number of nitrogen functional groups attached to an aromatic ring is 1. The first-order valence-electron chi connectivity index (χ1n) is 17.0. The van der Waals surface area contributed by atoms with Gasteiger partial charge in [0.15, 0.2) is 17.1 Å². The van der Waals surface area contributed by atoms with Crippen LogP contribution < -0.4 is 15.4 Å². The van der Waals surface area contributed by atoms with Crippen molar-refractivity contribution in [3.63, 3.8) is 0 Å². The van der Waals surface area contributed by atoms with Crippen LogP contribution in [0, 0.1) is 0 Å². The number of hydrogen-bond acceptors (Lipinski definition) is 10. The van der Waals surface area contributed by atoms with Crippen molar-refractivity contribution in [3.8, 4) is 17.3 Å². The summed E-state index contributed by atoms with van der Waals surface area (Å²) in [6, 6.07) is 8.27. The van der Waals surface area contributed by atoms with Gasteiger partial charge in [0.2, 0.25) is 11.8 Å². The molecule has 0 unspecified atom stereocenters. The van der Waals surface area contributed by atoms with Gasteiger partial charge in [0.05, 0.1) is 39.2 Å². The number of ether oxygens (including phenoxy) is 2. The summed E-state index contributed by atoms with van der Waals surface area (Å²) in [7, 11) is 1.48. The number of nitrogens with two attached hydrogens (primary N) is 1. The number of fused-ring (bicyclic) bond motifs is 3. The number of aromatic nitrogens is 6. The normalized spacial score (nSPS) is 25.7. The first-order valence-corrected chi connectivity index (χ1v) is 11.0. The van der Waals surface area contributed by atoms with Gasteiger partial charge in [-0.15, -0.1) is 5.10 Å². The largest absolute Gasteiger partial charge is 0.491 e. The molecule has 0 aliphatic carbocycles. The summed E-state index contributed by atoms with van der Waals surface area (Å²) in [5.74, 6) is 0.327. The van der Waals surface area contributed by atoms with Gasteiger partial charge in [-0.2, -0.15) is 14.6 Å². The van der Waals surface area contributed by atoms with E-state index in [1.165, 1.54) is 37.6 Å². The van der Waals surface area contributed by atoms with E-state index in [9.17, 15) is 0 Å². The summed E-state index contributed by atoms with van der Waals surface area (Å²) < 4.78 is 123. The summed E-state index contributed by atoms with van der Waals surface area (Å²) in [4.78, 5) is 8.29. The highest BCUT2D eigenvalue weighted by Crippen LogP contribution is 2.24. The van der Waals surface area contributed by atoms with Gasteiger partial charge in [-0.1, -0.05) is 0 Å². The summed E-state index contributed by atoms with van der Waals surface area (Å²) in [6.45, 7) is -21.5. The van der Waals surface area contributed by atoms with E-state index in [4.69, 9.17) is 36.1 Å². The predicted molar refractivity (Wildman–Crippen MR) is 139 cm³/mol. The lowest BCUT2D eigenvalue weighted by molar-refractivity contribution is 0.146. The number of piperazine rings is 1. The molecule has 1 aliphatic rings. The second-order valence-corrected chi connectivity index (χ2v) is 7.59. The maximum atomic E-state index is 8.93. The molecule has 5 heterocycles. The zero-order valence-electron chi connectivity index (χ0n) is 31.4. The first-order chi connectivity index (χ1) is 22.7. The maximum Gasteiger partial charge on any atom is 0.225 e. The number of aryl methyl sites for hydroxylation is 1. The Hall–Kier alpha value is -4.16. The molecule has 12 heteroatoms. The standard InChI is InChI=1S/C25H29N9O3/c1-35-15-16-36-19-6-4-18(5-7-19)32-11-8-31(9-12-32)10-13-33-23-20(17-27-33)24-28-22(21-3-2-14-37-21)30-34(24)25(26)29-23/h2-7,14,17H,8-13,15-16H2,1H3,(H2,26,29)/i8D2,9D2,10D2,11D2,12D2,13D2. The van der Waals surface area contributed by atoms with Crippen LogP contribution in [0.5, 0.6) is 5.75 Å². The third-order valence-corrected chi connectivity index (χ3v) is 5.24. The maximum absolute atomic E-state index is 8.93. The summed E-state index contributed by atoms with van der Waals surface area (Å²) in [5, 5.41) is 8.20. The topological polar surface area (TPSA) is 125 Å². The predicted octanol–water partition coefficient (Wildman–Crippen LogP) is 2.16. The van der Waals surface area contributed by atoms with Gasteiger partial charge in [0.1, 0.15) is 12.4 Å². The zero-order chi connectivity index (χ0) is 35.9. The van der Waals surface area contributed by atoms with E-state index < -0.39 is 49.5 Å². The molecule has 1 fully saturated rings. The Morgan fingerprint density at radius 3 is 2.65 bits per heavy atom. The second-order valence-electron chi connectivity index (χ2n) is 7.59. The molecule has 0 atom stereocenters. The number of hydrogen-bond donors (Lipinski definition) is 1. The van der Waals surface area contributed by atoms with Crippen molar-refractivity contribution in [1.82, 2.24) is 34.3 Å². The molecule has 4 aromatic heterocycles. The molecule has 5 aromatic rings. The van der Waals surface area contributed by atoms with Crippen LogP contribution in [0.25, 0.3) is 28.3 Å². The molecule has 0 radical (unpaired) electrons. The highest BCUT2D eigenvalue weighted by atomic mass is 16.5. The minimum Gasteiger partial charge on any atom is -0.491 e. The Morgan fingerprint density at radius 2 is 1.89 bits per heavy atom. The van der Waals surface area contributed by atoms with Gasteiger partial charge in [-0.3, -0.25) is 4.90 Å². The lowest BCUT2D eigenvalue weighted by Gasteiger charge is -2.36. The SMILES string of the molecule is [2H]C1([2H])N(c2ccc(OCCOC)cc2)C([2H])([2H])C([2H])([2H])N(C([2H])([2H])C([2H])([2H])n2ncc3c2nc(N)n2nc(-c4ccco4)nc32)C1([2H])[2H]. The molecule has 0 saturated carbocycles. The number of benzene rings is 1. The van der Waals surface area contributed by atoms with E-state index in [1.807, 2.05) is 0 Å². The fourth-order valence-corrected chi connectivity index (χ4v) is 3.47. The Labute approximate surface area is 230 Å². The van der Waals surface area contributed by atoms with Crippen LogP contribution in [-0.4, -0.2) is 87.1 Å². The number of nitrogens with zero attached hydrogens (tertiary/aromatic N) is 8. The van der Waals surface area contributed by atoms with Gasteiger partial charge in [-0.25, -0.2) is 9.67 Å². The molecule has 0 spiro atoms. The Morgan fingerprint density at radius 1 is 1.05 bits per heavy atom. The Bertz CT molecular complexity index is 1970. The third-order valence-electron chi connectivity index (χ3n) is 5.24. The quantitative estimate of drug-likeness (QED) is 0.292. The van der Waals surface area contributed by atoms with Crippen LogP contribution in [0.1, 0.15) is 16.4 Å². The van der Waals surface area contributed by atoms with Gasteiger partial charge < -0.3 is 24.5 Å². The highest BCUT2D eigenvalue weighted by molar-refractivity contribution is 5.90. The number of furan rings is 1. The van der Waals surface area contributed by atoms with Crippen LogP contribution in [0.4, 0.5) is 11.6 Å². The molecule has 192 valence electrons. The molecular weight excluding hydrogens is 474 g/mol. The lowest BCUT2D eigenvalue weighted by Crippen LogP contribution is -2.47. The van der Waals surface area contributed by atoms with Crippen LogP contribution >= 0.6 is 0 Å². The Kier molecular flexibility index (Phi) is 3.65. The fraction of sp³-hybridized carbons (Fsp3) is 0.360. The van der Waals surface area contributed by atoms with E-state index in [0.717, 1.165) is 10.7 Å². The monoisotopic (exact) mass is 515 g/mol. The average molecular weight is 516 g/mol. The van der Waals surface area contributed by atoms with E-state index in [0.29, 0.717) is 4.68 Å². The first kappa shape index (κ1) is 13.4. The zero-order valence-corrected chi connectivity index (χ0v) is 19.4. The van der Waals surface area contributed by atoms with Gasteiger partial charge >= 0.3 is 0 Å². The van der Waals surface area contributed by atoms with E-state index in [1.54, 1.807) is 12.1 Å². The number of anilines is 2. The van der Waals surface area contributed by atoms with Crippen LogP contribution in [0.3, 0.4) is 0 Å². The summed E-state index contributed by atoms with van der Waals surface area (Å²) in [6.07, 6.45) is 2.47. The molecule has 2 N–H and O–H groups in total. The third kappa shape index (κ3) is 4.68. The second kappa shape index (κ2) is 10.1. The molecule has 12 nitrogen and oxygen atoms in total. The summed E-state index contributed by atoms with van der Waals surface area (Å²) >= 11 is 0. The minimum atomic E-state index is -3.87. The van der Waals surface area contributed by atoms with Gasteiger partial charge in [-0.05, 0) is 36.4 Å². The van der Waals surface area contributed by atoms with Crippen molar-refractivity contribution in [2.45, 2.75) is 6.50 Å². The fourth-order valence-electron chi connectivity index (χ4n) is 3.47. The van der Waals surface area contributed by atoms with Crippen molar-refractivity contribution >= 4 is 28.3 Å². The van der Waals surface area contributed by atoms with E-state index in [-0.39, 0.29) is 58.1 Å². The number of rotatable bonds is 9. The average Bonchev–Trinajstić information content (AvgIpc) is 3.77. The molecule has 1 saturated heterocycles. The molecular formula is C25H29N9O3. The lowest BCUT2D eigenvalue weighted by atomic mass is 10.2.